The molecule has 0 aromatic heterocycles. The predicted octanol–water partition coefficient (Wildman–Crippen LogP) is 6.67. The molecule has 0 aliphatic heterocycles. The monoisotopic (exact) mass is 639 g/mol. The maximum Gasteiger partial charge on any atom is 0.264 e. The Labute approximate surface area is 274 Å². The summed E-state index contributed by atoms with van der Waals surface area (Å²) in [6.07, 6.45) is 2.01. The zero-order chi connectivity index (χ0) is 33.3. The Morgan fingerprint density at radius 3 is 2.13 bits per heavy atom. The van der Waals surface area contributed by atoms with E-state index >= 15 is 0 Å². The number of rotatable bonds is 14. The Morgan fingerprint density at radius 1 is 0.783 bits per heavy atom. The first-order valence-corrected chi connectivity index (χ1v) is 17.3. The third kappa shape index (κ3) is 8.63. The molecule has 8 heteroatoms. The minimum absolute atomic E-state index is 0.0928. The van der Waals surface area contributed by atoms with Gasteiger partial charge >= 0.3 is 0 Å². The molecule has 46 heavy (non-hydrogen) atoms. The van der Waals surface area contributed by atoms with Crippen molar-refractivity contribution in [3.05, 3.63) is 130 Å². The highest BCUT2D eigenvalue weighted by atomic mass is 32.2. The van der Waals surface area contributed by atoms with Gasteiger partial charge in [-0.2, -0.15) is 0 Å². The van der Waals surface area contributed by atoms with Crippen LogP contribution in [0.4, 0.5) is 5.69 Å². The fourth-order valence-electron chi connectivity index (χ4n) is 5.42. The van der Waals surface area contributed by atoms with Gasteiger partial charge in [-0.1, -0.05) is 103 Å². The van der Waals surface area contributed by atoms with Crippen molar-refractivity contribution in [3.8, 4) is 0 Å². The first-order chi connectivity index (χ1) is 22.0. The highest BCUT2D eigenvalue weighted by molar-refractivity contribution is 7.92. The summed E-state index contributed by atoms with van der Waals surface area (Å²) >= 11 is 0. The molecule has 0 fully saturated rings. The van der Waals surface area contributed by atoms with Crippen LogP contribution in [0.3, 0.4) is 0 Å². The number of carbonyl (C=O) groups is 2. The zero-order valence-electron chi connectivity index (χ0n) is 27.5. The molecular formula is C38H45N3O4S. The number of benzene rings is 4. The molecule has 0 aliphatic rings. The first-order valence-electron chi connectivity index (χ1n) is 15.8. The third-order valence-electron chi connectivity index (χ3n) is 8.27. The summed E-state index contributed by atoms with van der Waals surface area (Å²) in [4.78, 5) is 30.2. The Balaban J connectivity index is 1.82. The van der Waals surface area contributed by atoms with Gasteiger partial charge in [-0.3, -0.25) is 13.9 Å². The third-order valence-corrected chi connectivity index (χ3v) is 10.0. The van der Waals surface area contributed by atoms with E-state index in [0.717, 1.165) is 46.2 Å². The highest BCUT2D eigenvalue weighted by Gasteiger charge is 2.35. The molecule has 0 saturated carbocycles. The minimum atomic E-state index is -4.16. The molecule has 2 amide bonds. The number of amides is 2. The number of hydrogen-bond donors (Lipinski definition) is 1. The Hall–Kier alpha value is -4.43. The summed E-state index contributed by atoms with van der Waals surface area (Å²) in [6.45, 7) is 9.86. The maximum absolute atomic E-state index is 14.7. The normalized spacial score (nSPS) is 11.9. The lowest BCUT2D eigenvalue weighted by molar-refractivity contribution is -0.140. The number of nitrogens with one attached hydrogen (secondary N) is 1. The lowest BCUT2D eigenvalue weighted by Gasteiger charge is -2.34. The SMILES string of the molecule is CCCCNC(=O)[C@@H](Cc1ccccc1)N(Cc1cccc(C)c1)C(=O)CN(c1cccc(C)c1C)S(=O)(=O)c1ccc(C)cc1. The summed E-state index contributed by atoms with van der Waals surface area (Å²) in [5.41, 5.74) is 5.80. The van der Waals surface area contributed by atoms with E-state index in [1.54, 1.807) is 41.3 Å². The van der Waals surface area contributed by atoms with Crippen molar-refractivity contribution in [2.75, 3.05) is 17.4 Å². The molecule has 0 aliphatic carbocycles. The number of unbranched alkanes of at least 4 members (excludes halogenated alkanes) is 1. The van der Waals surface area contributed by atoms with Crippen LogP contribution in [-0.2, 0) is 32.6 Å². The number of nitrogens with zero attached hydrogens (tertiary/aromatic N) is 2. The second kappa shape index (κ2) is 15.7. The van der Waals surface area contributed by atoms with Gasteiger partial charge < -0.3 is 10.2 Å². The van der Waals surface area contributed by atoms with Gasteiger partial charge in [0.15, 0.2) is 0 Å². The van der Waals surface area contributed by atoms with Gasteiger partial charge in [-0.05, 0) is 74.6 Å². The van der Waals surface area contributed by atoms with Crippen molar-refractivity contribution in [2.45, 2.75) is 71.4 Å². The predicted molar refractivity (Wildman–Crippen MR) is 185 cm³/mol. The number of aryl methyl sites for hydroxylation is 3. The van der Waals surface area contributed by atoms with Gasteiger partial charge in [0.05, 0.1) is 10.6 Å². The van der Waals surface area contributed by atoms with Crippen LogP contribution in [0.25, 0.3) is 0 Å². The van der Waals surface area contributed by atoms with E-state index in [9.17, 15) is 18.0 Å². The summed E-state index contributed by atoms with van der Waals surface area (Å²) in [6, 6.07) is 28.6. The lowest BCUT2D eigenvalue weighted by Crippen LogP contribution is -2.53. The Bertz CT molecular complexity index is 1740. The van der Waals surface area contributed by atoms with Gasteiger partial charge in [-0.25, -0.2) is 8.42 Å². The topological polar surface area (TPSA) is 86.8 Å². The van der Waals surface area contributed by atoms with Crippen molar-refractivity contribution in [3.63, 3.8) is 0 Å². The average molecular weight is 640 g/mol. The van der Waals surface area contributed by atoms with Gasteiger partial charge in [0.25, 0.3) is 10.0 Å². The minimum Gasteiger partial charge on any atom is -0.354 e. The van der Waals surface area contributed by atoms with Crippen LogP contribution in [0.2, 0.25) is 0 Å². The molecule has 0 heterocycles. The molecular weight excluding hydrogens is 595 g/mol. The van der Waals surface area contributed by atoms with E-state index < -0.39 is 28.5 Å². The summed E-state index contributed by atoms with van der Waals surface area (Å²) < 4.78 is 29.8. The molecule has 0 radical (unpaired) electrons. The molecule has 0 unspecified atom stereocenters. The molecule has 4 aromatic carbocycles. The van der Waals surface area contributed by atoms with Gasteiger partial charge in [0, 0.05) is 19.5 Å². The smallest absolute Gasteiger partial charge is 0.264 e. The Kier molecular flexibility index (Phi) is 11.8. The molecule has 7 nitrogen and oxygen atoms in total. The zero-order valence-corrected chi connectivity index (χ0v) is 28.3. The van der Waals surface area contributed by atoms with Crippen molar-refractivity contribution in [1.29, 1.82) is 0 Å². The van der Waals surface area contributed by atoms with Crippen LogP contribution in [0.5, 0.6) is 0 Å². The first kappa shape index (κ1) is 34.4. The molecule has 1 N–H and O–H groups in total. The van der Waals surface area contributed by atoms with E-state index in [1.807, 2.05) is 88.4 Å². The lowest BCUT2D eigenvalue weighted by atomic mass is 10.0. The quantitative estimate of drug-likeness (QED) is 0.156. The second-order valence-electron chi connectivity index (χ2n) is 11.9. The molecule has 4 aromatic rings. The maximum atomic E-state index is 14.7. The largest absolute Gasteiger partial charge is 0.354 e. The van der Waals surface area contributed by atoms with Crippen molar-refractivity contribution >= 4 is 27.5 Å². The molecule has 242 valence electrons. The van der Waals surface area contributed by atoms with Gasteiger partial charge in [0.2, 0.25) is 11.8 Å². The van der Waals surface area contributed by atoms with E-state index in [2.05, 4.69) is 12.2 Å². The van der Waals surface area contributed by atoms with E-state index in [0.29, 0.717) is 12.2 Å². The van der Waals surface area contributed by atoms with Crippen molar-refractivity contribution in [1.82, 2.24) is 10.2 Å². The number of sulfonamides is 1. The van der Waals surface area contributed by atoms with Crippen LogP contribution >= 0.6 is 0 Å². The van der Waals surface area contributed by atoms with E-state index in [1.165, 1.54) is 4.31 Å². The molecule has 1 atom stereocenters. The van der Waals surface area contributed by atoms with Crippen molar-refractivity contribution in [2.24, 2.45) is 0 Å². The molecule has 4 rings (SSSR count). The molecule has 0 saturated heterocycles. The van der Waals surface area contributed by atoms with Crippen LogP contribution in [0.1, 0.15) is 53.1 Å². The highest BCUT2D eigenvalue weighted by Crippen LogP contribution is 2.29. The standard InChI is InChI=1S/C38H45N3O4S/c1-6-7-23-39-38(43)36(25-32-15-9-8-10-16-32)40(26-33-17-11-13-29(3)24-33)37(42)27-41(35-18-12-14-30(4)31(35)5)46(44,45)34-21-19-28(2)20-22-34/h8-22,24,36H,6-7,23,25-27H2,1-5H3,(H,39,43)/t36-/m1/s1. The van der Waals surface area contributed by atoms with Gasteiger partial charge in [-0.15, -0.1) is 0 Å². The van der Waals surface area contributed by atoms with Gasteiger partial charge in [0.1, 0.15) is 12.6 Å². The molecule has 0 spiro atoms. The van der Waals surface area contributed by atoms with Crippen molar-refractivity contribution < 1.29 is 18.0 Å². The summed E-state index contributed by atoms with van der Waals surface area (Å²) in [5, 5.41) is 3.03. The van der Waals surface area contributed by atoms with Crippen LogP contribution in [0, 0.1) is 27.7 Å². The fourth-order valence-corrected chi connectivity index (χ4v) is 6.90. The number of hydrogen-bond acceptors (Lipinski definition) is 4. The summed E-state index contributed by atoms with van der Waals surface area (Å²) in [7, 11) is -4.16. The van der Waals surface area contributed by atoms with Crippen LogP contribution in [-0.4, -0.2) is 44.3 Å². The van der Waals surface area contributed by atoms with Crippen LogP contribution in [0.15, 0.2) is 102 Å². The average Bonchev–Trinajstić information content (AvgIpc) is 3.03. The number of anilines is 1. The summed E-state index contributed by atoms with van der Waals surface area (Å²) in [5.74, 6) is -0.734. The fraction of sp³-hybridized carbons (Fsp3) is 0.316. The van der Waals surface area contributed by atoms with Crippen LogP contribution < -0.4 is 9.62 Å². The Morgan fingerprint density at radius 2 is 1.46 bits per heavy atom. The van der Waals surface area contributed by atoms with E-state index in [4.69, 9.17) is 0 Å². The number of carbonyl (C=O) groups excluding carboxylic acids is 2. The second-order valence-corrected chi connectivity index (χ2v) is 13.8. The molecule has 0 bridgehead atoms. The van der Waals surface area contributed by atoms with E-state index in [-0.39, 0.29) is 23.8 Å².